The van der Waals surface area contributed by atoms with E-state index in [2.05, 4.69) is 24.5 Å². The van der Waals surface area contributed by atoms with Crippen LogP contribution in [0.1, 0.15) is 234 Å². The Morgan fingerprint density at radius 2 is 0.679 bits per heavy atom. The number of aliphatic hydroxyl groups excluding tert-OH is 1. The third-order valence-corrected chi connectivity index (χ3v) is 10.5. The molecular weight excluding hydrogens is 705 g/mol. The molecule has 0 aliphatic heterocycles. The van der Waals surface area contributed by atoms with E-state index in [-0.39, 0.29) is 36.9 Å². The van der Waals surface area contributed by atoms with Gasteiger partial charge in [0.25, 0.3) is 0 Å². The number of amides is 2. The van der Waals surface area contributed by atoms with Gasteiger partial charge in [-0.25, -0.2) is 9.59 Å². The number of carbonyl (C=O) groups is 4. The maximum atomic E-state index is 12.9. The molecule has 0 bridgehead atoms. The van der Waals surface area contributed by atoms with Crippen molar-refractivity contribution in [3.05, 3.63) is 0 Å². The Bertz CT molecular complexity index is 883. The highest BCUT2D eigenvalue weighted by atomic mass is 16.6. The average Bonchev–Trinajstić information content (AvgIpc) is 3.15. The van der Waals surface area contributed by atoms with Crippen molar-refractivity contribution in [2.75, 3.05) is 13.2 Å². The van der Waals surface area contributed by atoms with E-state index in [0.29, 0.717) is 25.7 Å². The number of carbonyl (C=O) groups excluding carboxylic acids is 4. The minimum Gasteiger partial charge on any atom is -0.461 e. The van der Waals surface area contributed by atoms with Gasteiger partial charge in [-0.05, 0) is 37.5 Å². The summed E-state index contributed by atoms with van der Waals surface area (Å²) in [7, 11) is 0. The number of unbranched alkanes of at least 4 members (excludes halogenated alkanes) is 24. The number of rotatable bonds is 40. The molecule has 0 saturated carbocycles. The van der Waals surface area contributed by atoms with Gasteiger partial charge in [0, 0.05) is 12.8 Å². The van der Waals surface area contributed by atoms with Crippen LogP contribution in [-0.2, 0) is 28.7 Å². The van der Waals surface area contributed by atoms with Gasteiger partial charge in [0.2, 0.25) is 11.8 Å². The lowest BCUT2D eigenvalue weighted by atomic mass is 10.0. The lowest BCUT2D eigenvalue weighted by Crippen LogP contribution is -2.44. The van der Waals surface area contributed by atoms with Gasteiger partial charge in [-0.15, -0.1) is 0 Å². The molecule has 9 heteroatoms. The van der Waals surface area contributed by atoms with Crippen molar-refractivity contribution in [2.45, 2.75) is 252 Å². The van der Waals surface area contributed by atoms with E-state index in [0.717, 1.165) is 38.5 Å². The maximum Gasteiger partial charge on any atom is 0.328 e. The molecule has 0 unspecified atom stereocenters. The summed E-state index contributed by atoms with van der Waals surface area (Å²) >= 11 is 0. The first kappa shape index (κ1) is 53.8. The van der Waals surface area contributed by atoms with Crippen molar-refractivity contribution in [2.24, 2.45) is 11.8 Å². The number of hydrogen-bond acceptors (Lipinski definition) is 7. The van der Waals surface area contributed by atoms with Gasteiger partial charge in [-0.1, -0.05) is 196 Å². The fourth-order valence-corrected chi connectivity index (χ4v) is 7.12. The van der Waals surface area contributed by atoms with Crippen LogP contribution in [0.5, 0.6) is 0 Å². The zero-order chi connectivity index (χ0) is 41.7. The molecule has 0 aromatic rings. The molecule has 0 spiro atoms. The minimum absolute atomic E-state index is 0.146. The van der Waals surface area contributed by atoms with Gasteiger partial charge in [0.15, 0.2) is 0 Å². The second-order valence-electron chi connectivity index (χ2n) is 17.4. The zero-order valence-electron chi connectivity index (χ0n) is 37.4. The third-order valence-electron chi connectivity index (χ3n) is 10.5. The van der Waals surface area contributed by atoms with E-state index < -0.39 is 30.1 Å². The van der Waals surface area contributed by atoms with Crippen molar-refractivity contribution < 1.29 is 33.8 Å². The predicted molar refractivity (Wildman–Crippen MR) is 231 cm³/mol. The van der Waals surface area contributed by atoms with Crippen LogP contribution in [0.2, 0.25) is 0 Å². The molecule has 0 radical (unpaired) electrons. The van der Waals surface area contributed by atoms with Crippen LogP contribution in [0.25, 0.3) is 0 Å². The fourth-order valence-electron chi connectivity index (χ4n) is 7.12. The molecule has 0 aromatic carbocycles. The van der Waals surface area contributed by atoms with E-state index in [1.165, 1.54) is 128 Å². The Kier molecular flexibility index (Phi) is 36.9. The first-order valence-corrected chi connectivity index (χ1v) is 23.6. The SMILES string of the molecule is CCCCCCCCCCCCCCCC(=O)N[C@@H](CC(C)C)C(=O)OCC(O)COC(=O)[C@H](CC(C)C)NC(=O)CCCCCCCCCCCCCCC. The second kappa shape index (κ2) is 38.4. The summed E-state index contributed by atoms with van der Waals surface area (Å²) in [5.41, 5.74) is 0. The summed E-state index contributed by atoms with van der Waals surface area (Å²) in [5, 5.41) is 16.2. The number of esters is 2. The second-order valence-corrected chi connectivity index (χ2v) is 17.4. The Morgan fingerprint density at radius 1 is 0.429 bits per heavy atom. The average molecular weight is 795 g/mol. The van der Waals surface area contributed by atoms with Crippen molar-refractivity contribution >= 4 is 23.8 Å². The monoisotopic (exact) mass is 795 g/mol. The molecule has 9 nitrogen and oxygen atoms in total. The van der Waals surface area contributed by atoms with Crippen molar-refractivity contribution in [1.82, 2.24) is 10.6 Å². The first-order chi connectivity index (χ1) is 27.0. The van der Waals surface area contributed by atoms with Gasteiger partial charge in [0.1, 0.15) is 31.4 Å². The molecule has 0 fully saturated rings. The van der Waals surface area contributed by atoms with Gasteiger partial charge in [0.05, 0.1) is 0 Å². The van der Waals surface area contributed by atoms with Crippen LogP contribution in [0.3, 0.4) is 0 Å². The van der Waals surface area contributed by atoms with Gasteiger partial charge < -0.3 is 25.2 Å². The summed E-state index contributed by atoms with van der Waals surface area (Å²) in [4.78, 5) is 51.2. The van der Waals surface area contributed by atoms with Crippen LogP contribution in [0, 0.1) is 11.8 Å². The molecule has 0 aliphatic carbocycles. The zero-order valence-corrected chi connectivity index (χ0v) is 37.4. The lowest BCUT2D eigenvalue weighted by molar-refractivity contribution is -0.157. The van der Waals surface area contributed by atoms with Gasteiger partial charge in [-0.2, -0.15) is 0 Å². The molecule has 3 N–H and O–H groups in total. The largest absolute Gasteiger partial charge is 0.461 e. The highest BCUT2D eigenvalue weighted by Gasteiger charge is 2.26. The van der Waals surface area contributed by atoms with E-state index in [1.807, 2.05) is 27.7 Å². The summed E-state index contributed by atoms with van der Waals surface area (Å²) in [5.74, 6) is -1.27. The Hall–Kier alpha value is -2.16. The van der Waals surface area contributed by atoms with Crippen molar-refractivity contribution in [3.8, 4) is 0 Å². The van der Waals surface area contributed by atoms with Crippen LogP contribution < -0.4 is 10.6 Å². The lowest BCUT2D eigenvalue weighted by Gasteiger charge is -2.22. The van der Waals surface area contributed by atoms with Crippen LogP contribution in [-0.4, -0.2) is 60.3 Å². The molecule has 0 aromatic heterocycles. The summed E-state index contributed by atoms with van der Waals surface area (Å²) in [6, 6.07) is -1.61. The van der Waals surface area contributed by atoms with Crippen molar-refractivity contribution in [3.63, 3.8) is 0 Å². The highest BCUT2D eigenvalue weighted by Crippen LogP contribution is 2.16. The molecule has 2 amide bonds. The van der Waals surface area contributed by atoms with Crippen LogP contribution in [0.15, 0.2) is 0 Å². The normalized spacial score (nSPS) is 12.6. The summed E-state index contributed by atoms with van der Waals surface area (Å²) in [6.45, 7) is 11.7. The highest BCUT2D eigenvalue weighted by molar-refractivity contribution is 5.85. The summed E-state index contributed by atoms with van der Waals surface area (Å²) in [6.07, 6.45) is 32.5. The molecule has 0 heterocycles. The molecule has 2 atom stereocenters. The third kappa shape index (κ3) is 35.0. The number of ether oxygens (including phenoxy) is 2. The van der Waals surface area contributed by atoms with Gasteiger partial charge >= 0.3 is 11.9 Å². The standard InChI is InChI=1S/C47H90N2O7/c1-7-9-11-13-15-17-19-21-23-25-27-29-31-33-44(51)48-42(35-39(3)4)46(53)55-37-41(50)38-56-47(54)43(36-40(5)6)49-45(52)34-32-30-28-26-24-22-20-18-16-14-12-10-8-2/h39-43,50H,7-38H2,1-6H3,(H,48,51)(H,49,52)/t42-,43-/m0/s1. The van der Waals surface area contributed by atoms with Crippen molar-refractivity contribution in [1.29, 1.82) is 0 Å². The van der Waals surface area contributed by atoms with Crippen LogP contribution >= 0.6 is 0 Å². The van der Waals surface area contributed by atoms with E-state index in [9.17, 15) is 24.3 Å². The van der Waals surface area contributed by atoms with Crippen LogP contribution in [0.4, 0.5) is 0 Å². The minimum atomic E-state index is -1.23. The molecule has 330 valence electrons. The first-order valence-electron chi connectivity index (χ1n) is 23.6. The smallest absolute Gasteiger partial charge is 0.328 e. The molecule has 0 aliphatic rings. The summed E-state index contributed by atoms with van der Waals surface area (Å²) < 4.78 is 10.7. The Labute approximate surface area is 344 Å². The molecule has 0 saturated heterocycles. The van der Waals surface area contributed by atoms with E-state index >= 15 is 0 Å². The predicted octanol–water partition coefficient (Wildman–Crippen LogP) is 11.5. The number of hydrogen-bond donors (Lipinski definition) is 3. The Morgan fingerprint density at radius 3 is 0.929 bits per heavy atom. The molecule has 0 rings (SSSR count). The number of nitrogens with one attached hydrogen (secondary N) is 2. The van der Waals surface area contributed by atoms with Gasteiger partial charge in [-0.3, -0.25) is 9.59 Å². The quantitative estimate of drug-likeness (QED) is 0.0416. The molecular formula is C47H90N2O7. The Balaban J connectivity index is 4.36. The maximum absolute atomic E-state index is 12.9. The van der Waals surface area contributed by atoms with E-state index in [4.69, 9.17) is 9.47 Å². The topological polar surface area (TPSA) is 131 Å². The number of aliphatic hydroxyl groups is 1. The fraction of sp³-hybridized carbons (Fsp3) is 0.915. The molecule has 56 heavy (non-hydrogen) atoms. The van der Waals surface area contributed by atoms with E-state index in [1.54, 1.807) is 0 Å².